The van der Waals surface area contributed by atoms with Crippen LogP contribution in [-0.2, 0) is 4.74 Å². The van der Waals surface area contributed by atoms with Gasteiger partial charge >= 0.3 is 12.1 Å². The van der Waals surface area contributed by atoms with E-state index in [9.17, 15) is 14.0 Å². The zero-order valence-electron chi connectivity index (χ0n) is 16.6. The Morgan fingerprint density at radius 2 is 1.86 bits per heavy atom. The average molecular weight is 415 g/mol. The second-order valence-electron chi connectivity index (χ2n) is 8.32. The van der Waals surface area contributed by atoms with Crippen molar-refractivity contribution >= 4 is 29.4 Å². The van der Waals surface area contributed by atoms with Crippen molar-refractivity contribution in [2.24, 2.45) is 5.92 Å². The number of rotatable bonds is 5. The van der Waals surface area contributed by atoms with Crippen LogP contribution in [0.25, 0.3) is 0 Å². The zero-order valence-corrected chi connectivity index (χ0v) is 17.4. The molecule has 1 aromatic rings. The molecule has 1 aliphatic rings. The van der Waals surface area contributed by atoms with Gasteiger partial charge in [0.2, 0.25) is 0 Å². The predicted molar refractivity (Wildman–Crippen MR) is 107 cm³/mol. The molecule has 1 aromatic carbocycles. The summed E-state index contributed by atoms with van der Waals surface area (Å²) in [6, 6.07) is 2.30. The molecule has 0 aliphatic heterocycles. The van der Waals surface area contributed by atoms with Crippen LogP contribution in [0.2, 0.25) is 5.02 Å². The lowest BCUT2D eigenvalue weighted by molar-refractivity contribution is 0.0486. The van der Waals surface area contributed by atoms with Crippen molar-refractivity contribution in [3.8, 4) is 0 Å². The lowest BCUT2D eigenvalue weighted by Gasteiger charge is -2.34. The molecule has 0 saturated heterocycles. The van der Waals surface area contributed by atoms with Gasteiger partial charge in [-0.2, -0.15) is 0 Å². The summed E-state index contributed by atoms with van der Waals surface area (Å²) in [4.78, 5) is 23.0. The number of carbonyl (C=O) groups is 2. The number of carbonyl (C=O) groups excluding carboxylic acids is 1. The number of hydrogen-bond acceptors (Lipinski definition) is 4. The minimum atomic E-state index is -1.21. The molecule has 1 atom stereocenters. The van der Waals surface area contributed by atoms with E-state index in [0.29, 0.717) is 5.92 Å². The van der Waals surface area contributed by atoms with E-state index in [-0.39, 0.29) is 28.4 Å². The van der Waals surface area contributed by atoms with Gasteiger partial charge in [0.25, 0.3) is 0 Å². The first-order chi connectivity index (χ1) is 13.0. The van der Waals surface area contributed by atoms with E-state index in [0.717, 1.165) is 31.7 Å². The minimum absolute atomic E-state index is 0.0246. The highest BCUT2D eigenvalue weighted by molar-refractivity contribution is 6.33. The molecule has 2 rings (SSSR count). The Morgan fingerprint density at radius 3 is 2.39 bits per heavy atom. The molecule has 6 nitrogen and oxygen atoms in total. The van der Waals surface area contributed by atoms with E-state index in [4.69, 9.17) is 21.4 Å². The summed E-state index contributed by atoms with van der Waals surface area (Å²) in [6.07, 6.45) is 2.95. The lowest BCUT2D eigenvalue weighted by atomic mass is 9.82. The summed E-state index contributed by atoms with van der Waals surface area (Å²) in [7, 11) is 0. The molecule has 0 unspecified atom stereocenters. The van der Waals surface area contributed by atoms with E-state index in [1.165, 1.54) is 6.07 Å². The van der Waals surface area contributed by atoms with Gasteiger partial charge in [0.15, 0.2) is 0 Å². The molecule has 3 N–H and O–H groups in total. The predicted octanol–water partition coefficient (Wildman–Crippen LogP) is 5.06. The van der Waals surface area contributed by atoms with Gasteiger partial charge in [-0.15, -0.1) is 0 Å². The monoisotopic (exact) mass is 414 g/mol. The van der Waals surface area contributed by atoms with Crippen LogP contribution in [0.15, 0.2) is 12.1 Å². The average Bonchev–Trinajstić information content (AvgIpc) is 2.57. The minimum Gasteiger partial charge on any atom is -0.478 e. The van der Waals surface area contributed by atoms with Crippen LogP contribution in [0.1, 0.15) is 63.7 Å². The van der Waals surface area contributed by atoms with Gasteiger partial charge in [-0.25, -0.2) is 14.0 Å². The zero-order chi connectivity index (χ0) is 21.1. The van der Waals surface area contributed by atoms with E-state index in [1.807, 2.05) is 27.7 Å². The van der Waals surface area contributed by atoms with E-state index >= 15 is 0 Å². The number of aromatic carboxylic acids is 1. The Morgan fingerprint density at radius 1 is 1.25 bits per heavy atom. The lowest BCUT2D eigenvalue weighted by Crippen LogP contribution is -2.42. The molecule has 0 heterocycles. The molecule has 1 amide bonds. The first-order valence-electron chi connectivity index (χ1n) is 9.44. The number of alkyl carbamates (subject to hydrolysis) is 1. The summed E-state index contributed by atoms with van der Waals surface area (Å²) >= 11 is 5.99. The van der Waals surface area contributed by atoms with Crippen molar-refractivity contribution < 1.29 is 23.8 Å². The van der Waals surface area contributed by atoms with Crippen LogP contribution in [0.3, 0.4) is 0 Å². The summed E-state index contributed by atoms with van der Waals surface area (Å²) in [5, 5.41) is 15.0. The number of anilines is 1. The van der Waals surface area contributed by atoms with Crippen molar-refractivity contribution in [3.05, 3.63) is 28.5 Å². The smallest absolute Gasteiger partial charge is 0.407 e. The quantitative estimate of drug-likeness (QED) is 0.626. The molecule has 8 heteroatoms. The number of benzene rings is 1. The maximum atomic E-state index is 13.9. The Balaban J connectivity index is 1.91. The molecule has 0 radical (unpaired) electrons. The van der Waals surface area contributed by atoms with Crippen LogP contribution >= 0.6 is 11.6 Å². The maximum Gasteiger partial charge on any atom is 0.407 e. The van der Waals surface area contributed by atoms with Crippen LogP contribution in [0.5, 0.6) is 0 Å². The molecule has 0 aromatic heterocycles. The summed E-state index contributed by atoms with van der Waals surface area (Å²) < 4.78 is 19.2. The fourth-order valence-corrected chi connectivity index (χ4v) is 3.58. The molecule has 0 spiro atoms. The summed E-state index contributed by atoms with van der Waals surface area (Å²) in [5.41, 5.74) is -0.402. The number of nitrogens with one attached hydrogen (secondary N) is 2. The van der Waals surface area contributed by atoms with Gasteiger partial charge in [0.05, 0.1) is 16.3 Å². The molecule has 1 aliphatic carbocycles. The van der Waals surface area contributed by atoms with Gasteiger partial charge in [0, 0.05) is 12.1 Å². The Kier molecular flexibility index (Phi) is 7.15. The van der Waals surface area contributed by atoms with Gasteiger partial charge in [-0.1, -0.05) is 11.6 Å². The number of carboxylic acid groups (broad SMARTS) is 1. The first kappa shape index (κ1) is 22.3. The van der Waals surface area contributed by atoms with Crippen LogP contribution in [0.4, 0.5) is 14.9 Å². The van der Waals surface area contributed by atoms with Crippen molar-refractivity contribution in [3.63, 3.8) is 0 Å². The van der Waals surface area contributed by atoms with Crippen LogP contribution in [0, 0.1) is 11.7 Å². The second-order valence-corrected chi connectivity index (χ2v) is 8.69. The normalized spacial score (nSPS) is 20.9. The van der Waals surface area contributed by atoms with Crippen molar-refractivity contribution in [2.45, 2.75) is 71.1 Å². The van der Waals surface area contributed by atoms with Crippen molar-refractivity contribution in [1.29, 1.82) is 0 Å². The third kappa shape index (κ3) is 6.26. The topological polar surface area (TPSA) is 87.7 Å². The summed E-state index contributed by atoms with van der Waals surface area (Å²) in [5.74, 6) is -1.68. The Hall–Kier alpha value is -2.02. The Bertz CT molecular complexity index is 728. The molecule has 1 saturated carbocycles. The molecular formula is C20H28ClFN2O4. The second kappa shape index (κ2) is 8.99. The largest absolute Gasteiger partial charge is 0.478 e. The Labute approximate surface area is 169 Å². The fourth-order valence-electron chi connectivity index (χ4n) is 3.42. The van der Waals surface area contributed by atoms with Gasteiger partial charge in [-0.3, -0.25) is 0 Å². The summed E-state index contributed by atoms with van der Waals surface area (Å²) in [6.45, 7) is 7.44. The first-order valence-corrected chi connectivity index (χ1v) is 9.82. The SMILES string of the molecule is C[C@H](Nc1cc(C(=O)O)cc(F)c1Cl)C1CCC(NC(=O)OC(C)(C)C)CC1. The molecule has 0 bridgehead atoms. The van der Waals surface area contributed by atoms with Crippen LogP contribution < -0.4 is 10.6 Å². The number of amides is 1. The standard InChI is InChI=1S/C20H28ClFN2O4/c1-11(23-16-10-13(18(25)26)9-15(22)17(16)21)12-5-7-14(8-6-12)24-19(27)28-20(2,3)4/h9-12,14,23H,5-8H2,1-4H3,(H,24,27)(H,25,26)/t11-,12?,14?/m0/s1. The number of hydrogen-bond donors (Lipinski definition) is 3. The number of halogens is 2. The van der Waals surface area contributed by atoms with E-state index in [2.05, 4.69) is 10.6 Å². The highest BCUT2D eigenvalue weighted by Crippen LogP contribution is 2.32. The molecule has 1 fully saturated rings. The number of carboxylic acids is 1. The molecule has 28 heavy (non-hydrogen) atoms. The maximum absolute atomic E-state index is 13.9. The van der Waals surface area contributed by atoms with E-state index in [1.54, 1.807) is 0 Å². The fraction of sp³-hybridized carbons (Fsp3) is 0.600. The number of ether oxygens (including phenoxy) is 1. The molecular weight excluding hydrogens is 387 g/mol. The van der Waals surface area contributed by atoms with Crippen molar-refractivity contribution in [1.82, 2.24) is 5.32 Å². The van der Waals surface area contributed by atoms with Crippen molar-refractivity contribution in [2.75, 3.05) is 5.32 Å². The van der Waals surface area contributed by atoms with E-state index < -0.39 is 23.5 Å². The van der Waals surface area contributed by atoms with Gasteiger partial charge < -0.3 is 20.5 Å². The highest BCUT2D eigenvalue weighted by atomic mass is 35.5. The highest BCUT2D eigenvalue weighted by Gasteiger charge is 2.28. The van der Waals surface area contributed by atoms with Gasteiger partial charge in [-0.05, 0) is 71.4 Å². The third-order valence-electron chi connectivity index (χ3n) is 4.86. The third-order valence-corrected chi connectivity index (χ3v) is 5.24. The molecule has 156 valence electrons. The van der Waals surface area contributed by atoms with Gasteiger partial charge in [0.1, 0.15) is 11.4 Å². The van der Waals surface area contributed by atoms with Crippen LogP contribution in [-0.4, -0.2) is 34.9 Å².